The molecule has 3 rings (SSSR count). The molecule has 0 unspecified atom stereocenters. The van der Waals surface area contributed by atoms with Crippen LogP contribution in [0.3, 0.4) is 0 Å². The van der Waals surface area contributed by atoms with Gasteiger partial charge in [0, 0.05) is 25.4 Å². The van der Waals surface area contributed by atoms with Gasteiger partial charge in [0.25, 0.3) is 5.91 Å². The topological polar surface area (TPSA) is 56.0 Å². The van der Waals surface area contributed by atoms with Crippen LogP contribution in [0.1, 0.15) is 39.9 Å². The monoisotopic (exact) mass is 429 g/mol. The molecular weight excluding hydrogens is 406 g/mol. The zero-order valence-electron chi connectivity index (χ0n) is 16.1. The third-order valence-corrected chi connectivity index (χ3v) is 5.74. The van der Waals surface area contributed by atoms with Gasteiger partial charge in [0.2, 0.25) is 0 Å². The van der Waals surface area contributed by atoms with Crippen LogP contribution in [0.25, 0.3) is 0 Å². The molecule has 3 aromatic rings. The Labute approximate surface area is 167 Å². The van der Waals surface area contributed by atoms with Gasteiger partial charge >= 0.3 is 0 Å². The maximum Gasteiger partial charge on any atom is 0.253 e. The summed E-state index contributed by atoms with van der Waals surface area (Å²) in [6.45, 7) is 8.05. The molecule has 2 aromatic heterocycles. The van der Waals surface area contributed by atoms with Gasteiger partial charge in [0.15, 0.2) is 0 Å². The molecule has 0 aliphatic carbocycles. The number of rotatable bonds is 6. The van der Waals surface area contributed by atoms with Gasteiger partial charge in [0.05, 0.1) is 34.6 Å². The summed E-state index contributed by atoms with van der Waals surface area (Å²) in [4.78, 5) is 14.4. The minimum atomic E-state index is -0.0125. The zero-order chi connectivity index (χ0) is 19.6. The minimum absolute atomic E-state index is 0.0125. The van der Waals surface area contributed by atoms with E-state index in [9.17, 15) is 4.79 Å². The number of aryl methyl sites for hydroxylation is 2. The van der Waals surface area contributed by atoms with Crippen LogP contribution in [0.4, 0.5) is 0 Å². The van der Waals surface area contributed by atoms with Crippen LogP contribution >= 0.6 is 15.9 Å². The van der Waals surface area contributed by atoms with Crippen molar-refractivity contribution in [1.82, 2.24) is 24.5 Å². The summed E-state index contributed by atoms with van der Waals surface area (Å²) in [6, 6.07) is 9.66. The van der Waals surface area contributed by atoms with Gasteiger partial charge in [-0.2, -0.15) is 10.2 Å². The third kappa shape index (κ3) is 4.30. The second-order valence-corrected chi connectivity index (χ2v) is 7.46. The van der Waals surface area contributed by atoms with E-state index in [0.29, 0.717) is 18.7 Å². The lowest BCUT2D eigenvalue weighted by atomic mass is 10.1. The Bertz CT molecular complexity index is 942. The number of amides is 1. The number of benzene rings is 1. The molecule has 0 saturated heterocycles. The van der Waals surface area contributed by atoms with E-state index < -0.39 is 0 Å². The number of halogens is 1. The molecule has 0 radical (unpaired) electrons. The molecular formula is C20H24BrN5O. The van der Waals surface area contributed by atoms with E-state index in [-0.39, 0.29) is 5.91 Å². The average Bonchev–Trinajstić information content (AvgIpc) is 3.22. The molecule has 142 valence electrons. The molecule has 0 saturated carbocycles. The van der Waals surface area contributed by atoms with Crippen molar-refractivity contribution in [2.24, 2.45) is 0 Å². The molecule has 6 nitrogen and oxygen atoms in total. The predicted molar refractivity (Wildman–Crippen MR) is 109 cm³/mol. The summed E-state index contributed by atoms with van der Waals surface area (Å²) in [6.07, 6.45) is 1.93. The van der Waals surface area contributed by atoms with Gasteiger partial charge in [-0.25, -0.2) is 0 Å². The minimum Gasteiger partial charge on any atom is -0.336 e. The van der Waals surface area contributed by atoms with Crippen LogP contribution < -0.4 is 0 Å². The smallest absolute Gasteiger partial charge is 0.253 e. The van der Waals surface area contributed by atoms with Crippen molar-refractivity contribution >= 4 is 21.8 Å². The molecule has 0 fully saturated rings. The van der Waals surface area contributed by atoms with E-state index >= 15 is 0 Å². The summed E-state index contributed by atoms with van der Waals surface area (Å²) in [5, 5.41) is 8.96. The molecule has 0 bridgehead atoms. The van der Waals surface area contributed by atoms with E-state index in [1.54, 1.807) is 11.9 Å². The summed E-state index contributed by atoms with van der Waals surface area (Å²) in [5.74, 6) is -0.0125. The Hall–Kier alpha value is -2.41. The Balaban J connectivity index is 1.66. The molecule has 0 aliphatic heterocycles. The van der Waals surface area contributed by atoms with Crippen LogP contribution in [-0.2, 0) is 19.6 Å². The molecule has 0 spiro atoms. The summed E-state index contributed by atoms with van der Waals surface area (Å²) in [7, 11) is 1.80. The quantitative estimate of drug-likeness (QED) is 0.598. The number of hydrogen-bond donors (Lipinski definition) is 0. The van der Waals surface area contributed by atoms with Crippen LogP contribution in [0, 0.1) is 13.8 Å². The predicted octanol–water partition coefficient (Wildman–Crippen LogP) is 3.80. The van der Waals surface area contributed by atoms with Crippen LogP contribution in [0.15, 0.2) is 41.0 Å². The zero-order valence-corrected chi connectivity index (χ0v) is 17.7. The molecule has 2 heterocycles. The normalized spacial score (nSPS) is 11.0. The number of carbonyl (C=O) groups excluding carboxylic acids is 1. The van der Waals surface area contributed by atoms with Crippen LogP contribution in [0.2, 0.25) is 0 Å². The molecule has 1 aromatic carbocycles. The largest absolute Gasteiger partial charge is 0.336 e. The van der Waals surface area contributed by atoms with Crippen molar-refractivity contribution in [3.05, 3.63) is 69.2 Å². The first-order valence-electron chi connectivity index (χ1n) is 8.95. The number of carbonyl (C=O) groups is 1. The number of aromatic nitrogens is 4. The van der Waals surface area contributed by atoms with Crippen LogP contribution in [-0.4, -0.2) is 37.4 Å². The first-order chi connectivity index (χ1) is 12.9. The summed E-state index contributed by atoms with van der Waals surface area (Å²) < 4.78 is 4.87. The van der Waals surface area contributed by atoms with E-state index in [4.69, 9.17) is 0 Å². The van der Waals surface area contributed by atoms with Crippen molar-refractivity contribution in [3.63, 3.8) is 0 Å². The molecule has 0 aliphatic rings. The molecule has 1 amide bonds. The highest BCUT2D eigenvalue weighted by Crippen LogP contribution is 2.20. The lowest BCUT2D eigenvalue weighted by molar-refractivity contribution is 0.0783. The highest BCUT2D eigenvalue weighted by molar-refractivity contribution is 9.10. The second-order valence-electron chi connectivity index (χ2n) is 6.66. The molecule has 0 atom stereocenters. The first-order valence-corrected chi connectivity index (χ1v) is 9.74. The highest BCUT2D eigenvalue weighted by Gasteiger charge is 2.14. The highest BCUT2D eigenvalue weighted by atomic mass is 79.9. The summed E-state index contributed by atoms with van der Waals surface area (Å²) in [5.41, 5.74) is 4.74. The SMILES string of the molecule is CCn1ccc(CN(C)C(=O)c2ccc(Cn3nc(C)c(Br)c3C)cc2)n1. The van der Waals surface area contributed by atoms with Gasteiger partial charge in [-0.3, -0.25) is 14.2 Å². The van der Waals surface area contributed by atoms with Crippen molar-refractivity contribution in [1.29, 1.82) is 0 Å². The van der Waals surface area contributed by atoms with Crippen molar-refractivity contribution in [2.75, 3.05) is 7.05 Å². The Morgan fingerprint density at radius 1 is 1.15 bits per heavy atom. The molecule has 7 heteroatoms. The van der Waals surface area contributed by atoms with Crippen molar-refractivity contribution in [3.8, 4) is 0 Å². The van der Waals surface area contributed by atoms with Crippen molar-refractivity contribution in [2.45, 2.75) is 40.4 Å². The van der Waals surface area contributed by atoms with E-state index in [1.807, 2.05) is 66.7 Å². The lowest BCUT2D eigenvalue weighted by Gasteiger charge is -2.16. The maximum atomic E-state index is 12.7. The molecule has 27 heavy (non-hydrogen) atoms. The Morgan fingerprint density at radius 2 is 1.85 bits per heavy atom. The fraction of sp³-hybridized carbons (Fsp3) is 0.350. The van der Waals surface area contributed by atoms with E-state index in [1.165, 1.54) is 0 Å². The summed E-state index contributed by atoms with van der Waals surface area (Å²) >= 11 is 3.55. The number of hydrogen-bond acceptors (Lipinski definition) is 3. The van der Waals surface area contributed by atoms with Crippen molar-refractivity contribution < 1.29 is 4.79 Å². The van der Waals surface area contributed by atoms with E-state index in [0.717, 1.165) is 33.7 Å². The molecule has 0 N–H and O–H groups in total. The fourth-order valence-corrected chi connectivity index (χ4v) is 3.24. The Morgan fingerprint density at radius 3 is 2.41 bits per heavy atom. The van der Waals surface area contributed by atoms with E-state index in [2.05, 4.69) is 26.1 Å². The standard InChI is InChI=1S/C20H24BrN5O/c1-5-25-11-10-18(23-25)13-24(4)20(27)17-8-6-16(7-9-17)12-26-15(3)19(21)14(2)22-26/h6-11H,5,12-13H2,1-4H3. The van der Waals surface area contributed by atoms with Crippen LogP contribution in [0.5, 0.6) is 0 Å². The fourth-order valence-electron chi connectivity index (χ4n) is 2.95. The number of nitrogens with zero attached hydrogens (tertiary/aromatic N) is 5. The van der Waals surface area contributed by atoms with Gasteiger partial charge in [-0.1, -0.05) is 12.1 Å². The first kappa shape index (κ1) is 19.4. The average molecular weight is 430 g/mol. The Kier molecular flexibility index (Phi) is 5.79. The van der Waals surface area contributed by atoms with Gasteiger partial charge in [-0.05, 0) is 60.5 Å². The van der Waals surface area contributed by atoms with Gasteiger partial charge in [0.1, 0.15) is 0 Å². The van der Waals surface area contributed by atoms with Gasteiger partial charge in [-0.15, -0.1) is 0 Å². The second kappa shape index (κ2) is 8.08. The lowest BCUT2D eigenvalue weighted by Crippen LogP contribution is -2.26. The third-order valence-electron chi connectivity index (χ3n) is 4.59. The van der Waals surface area contributed by atoms with Gasteiger partial charge < -0.3 is 4.90 Å². The maximum absolute atomic E-state index is 12.7.